The minimum Gasteiger partial charge on any atom is -0.502 e. The lowest BCUT2D eigenvalue weighted by molar-refractivity contribution is -0.385. The van der Waals surface area contributed by atoms with Crippen LogP contribution in [0, 0.1) is 22.0 Å². The van der Waals surface area contributed by atoms with Crippen molar-refractivity contribution in [2.45, 2.75) is 26.2 Å². The van der Waals surface area contributed by atoms with Gasteiger partial charge in [-0.2, -0.15) is 0 Å². The van der Waals surface area contributed by atoms with Crippen LogP contribution in [-0.4, -0.2) is 22.5 Å². The molecular formula is C14H18N2O4. The summed E-state index contributed by atoms with van der Waals surface area (Å²) in [6.07, 6.45) is 3.51. The molecule has 6 nitrogen and oxygen atoms in total. The first-order valence-corrected chi connectivity index (χ1v) is 6.74. The molecule has 1 aliphatic rings. The number of rotatable bonds is 4. The van der Waals surface area contributed by atoms with E-state index < -0.39 is 16.4 Å². The van der Waals surface area contributed by atoms with E-state index in [-0.39, 0.29) is 11.5 Å². The van der Waals surface area contributed by atoms with Gasteiger partial charge >= 0.3 is 5.69 Å². The maximum atomic E-state index is 11.9. The summed E-state index contributed by atoms with van der Waals surface area (Å²) in [5.41, 5.74) is -0.162. The maximum absolute atomic E-state index is 11.9. The number of nitrogens with zero attached hydrogens (tertiary/aromatic N) is 1. The molecule has 1 fully saturated rings. The summed E-state index contributed by atoms with van der Waals surface area (Å²) in [7, 11) is 0. The van der Waals surface area contributed by atoms with E-state index in [0.717, 1.165) is 18.6 Å². The molecular weight excluding hydrogens is 260 g/mol. The number of nitro benzene ring substituents is 1. The fourth-order valence-corrected chi connectivity index (χ4v) is 2.67. The van der Waals surface area contributed by atoms with Crippen LogP contribution in [0.1, 0.15) is 36.5 Å². The van der Waals surface area contributed by atoms with E-state index in [2.05, 4.69) is 12.2 Å². The second-order valence-corrected chi connectivity index (χ2v) is 5.34. The molecule has 1 amide bonds. The molecule has 0 saturated heterocycles. The lowest BCUT2D eigenvalue weighted by Crippen LogP contribution is -2.30. The fraction of sp³-hybridized carbons (Fsp3) is 0.500. The number of nitrogens with one attached hydrogen (secondary N) is 1. The Hall–Kier alpha value is -2.11. The standard InChI is InChI=1S/C14H18N2O4/c1-9-3-2-4-11(9)8-15-14(18)10-5-6-12(16(19)20)13(17)7-10/h5-7,9,11,17H,2-4,8H2,1H3,(H,15,18). The summed E-state index contributed by atoms with van der Waals surface area (Å²) in [6.45, 7) is 2.79. The second kappa shape index (κ2) is 5.90. The van der Waals surface area contributed by atoms with Gasteiger partial charge in [0, 0.05) is 18.2 Å². The molecule has 1 saturated carbocycles. The van der Waals surface area contributed by atoms with Gasteiger partial charge in [0.25, 0.3) is 5.91 Å². The first kappa shape index (κ1) is 14.3. The third-order valence-corrected chi connectivity index (χ3v) is 4.00. The molecule has 108 valence electrons. The topological polar surface area (TPSA) is 92.5 Å². The fourth-order valence-electron chi connectivity index (χ4n) is 2.67. The SMILES string of the molecule is CC1CCCC1CNC(=O)c1ccc([N+](=O)[O-])c(O)c1. The van der Waals surface area contributed by atoms with Crippen molar-refractivity contribution in [2.24, 2.45) is 11.8 Å². The smallest absolute Gasteiger partial charge is 0.310 e. The Morgan fingerprint density at radius 2 is 2.25 bits per heavy atom. The summed E-state index contributed by atoms with van der Waals surface area (Å²) in [4.78, 5) is 21.8. The van der Waals surface area contributed by atoms with Gasteiger partial charge in [0.1, 0.15) is 0 Å². The number of carbonyl (C=O) groups excluding carboxylic acids is 1. The van der Waals surface area contributed by atoms with Gasteiger partial charge in [-0.15, -0.1) is 0 Å². The van der Waals surface area contributed by atoms with Crippen molar-refractivity contribution in [1.82, 2.24) is 5.32 Å². The first-order chi connectivity index (χ1) is 9.49. The molecule has 1 aromatic rings. The third-order valence-electron chi connectivity index (χ3n) is 4.00. The van der Waals surface area contributed by atoms with E-state index in [4.69, 9.17) is 0 Å². The number of aromatic hydroxyl groups is 1. The van der Waals surface area contributed by atoms with Gasteiger partial charge in [0.05, 0.1) is 4.92 Å². The summed E-state index contributed by atoms with van der Waals surface area (Å²) < 4.78 is 0. The van der Waals surface area contributed by atoms with Gasteiger partial charge in [-0.3, -0.25) is 14.9 Å². The summed E-state index contributed by atoms with van der Waals surface area (Å²) >= 11 is 0. The van der Waals surface area contributed by atoms with Crippen molar-refractivity contribution in [2.75, 3.05) is 6.54 Å². The molecule has 2 unspecified atom stereocenters. The Kier molecular flexibility index (Phi) is 4.22. The van der Waals surface area contributed by atoms with Crippen LogP contribution in [0.2, 0.25) is 0 Å². The quantitative estimate of drug-likeness (QED) is 0.653. The van der Waals surface area contributed by atoms with E-state index in [1.807, 2.05) is 0 Å². The van der Waals surface area contributed by atoms with Crippen LogP contribution < -0.4 is 5.32 Å². The largest absolute Gasteiger partial charge is 0.502 e. The first-order valence-electron chi connectivity index (χ1n) is 6.74. The number of hydrogen-bond acceptors (Lipinski definition) is 4. The number of carbonyl (C=O) groups is 1. The van der Waals surface area contributed by atoms with E-state index in [1.165, 1.54) is 18.9 Å². The average molecular weight is 278 g/mol. The van der Waals surface area contributed by atoms with Gasteiger partial charge in [-0.1, -0.05) is 19.8 Å². The molecule has 0 spiro atoms. The van der Waals surface area contributed by atoms with E-state index in [1.54, 1.807) is 0 Å². The Labute approximate surface area is 117 Å². The molecule has 2 atom stereocenters. The van der Waals surface area contributed by atoms with Crippen LogP contribution in [0.25, 0.3) is 0 Å². The zero-order valence-electron chi connectivity index (χ0n) is 11.3. The summed E-state index contributed by atoms with van der Waals surface area (Å²) in [6, 6.07) is 3.62. The predicted octanol–water partition coefficient (Wildman–Crippen LogP) is 2.47. The number of amides is 1. The molecule has 0 aliphatic heterocycles. The van der Waals surface area contributed by atoms with E-state index in [0.29, 0.717) is 18.4 Å². The molecule has 0 heterocycles. The zero-order chi connectivity index (χ0) is 14.7. The molecule has 2 N–H and O–H groups in total. The van der Waals surface area contributed by atoms with Crippen LogP contribution in [0.5, 0.6) is 5.75 Å². The van der Waals surface area contributed by atoms with Crippen LogP contribution in [0.3, 0.4) is 0 Å². The highest BCUT2D eigenvalue weighted by atomic mass is 16.6. The van der Waals surface area contributed by atoms with Gasteiger partial charge in [0.15, 0.2) is 5.75 Å². The normalized spacial score (nSPS) is 21.6. The molecule has 0 aromatic heterocycles. The van der Waals surface area contributed by atoms with E-state index in [9.17, 15) is 20.0 Å². The van der Waals surface area contributed by atoms with Gasteiger partial charge < -0.3 is 10.4 Å². The number of phenolic OH excluding ortho intramolecular Hbond substituents is 1. The third kappa shape index (κ3) is 3.07. The Morgan fingerprint density at radius 3 is 2.80 bits per heavy atom. The Balaban J connectivity index is 1.99. The van der Waals surface area contributed by atoms with Crippen LogP contribution in [0.4, 0.5) is 5.69 Å². The Bertz CT molecular complexity index is 530. The van der Waals surface area contributed by atoms with Crippen LogP contribution in [-0.2, 0) is 0 Å². The molecule has 0 bridgehead atoms. The highest BCUT2D eigenvalue weighted by molar-refractivity contribution is 5.95. The molecule has 0 radical (unpaired) electrons. The zero-order valence-corrected chi connectivity index (χ0v) is 11.3. The van der Waals surface area contributed by atoms with Crippen molar-refractivity contribution >= 4 is 11.6 Å². The highest BCUT2D eigenvalue weighted by Crippen LogP contribution is 2.30. The van der Waals surface area contributed by atoms with E-state index >= 15 is 0 Å². The van der Waals surface area contributed by atoms with Crippen molar-refractivity contribution in [3.05, 3.63) is 33.9 Å². The van der Waals surface area contributed by atoms with Crippen molar-refractivity contribution in [1.29, 1.82) is 0 Å². The average Bonchev–Trinajstić information content (AvgIpc) is 2.81. The number of nitro groups is 1. The minimum absolute atomic E-state index is 0.235. The van der Waals surface area contributed by atoms with Crippen molar-refractivity contribution < 1.29 is 14.8 Å². The maximum Gasteiger partial charge on any atom is 0.310 e. The highest BCUT2D eigenvalue weighted by Gasteiger charge is 2.24. The number of benzene rings is 1. The minimum atomic E-state index is -0.683. The van der Waals surface area contributed by atoms with Gasteiger partial charge in [0.2, 0.25) is 0 Å². The van der Waals surface area contributed by atoms with Crippen LogP contribution in [0.15, 0.2) is 18.2 Å². The predicted molar refractivity (Wildman–Crippen MR) is 73.6 cm³/mol. The van der Waals surface area contributed by atoms with Crippen molar-refractivity contribution in [3.63, 3.8) is 0 Å². The lowest BCUT2D eigenvalue weighted by atomic mass is 9.98. The monoisotopic (exact) mass is 278 g/mol. The second-order valence-electron chi connectivity index (χ2n) is 5.34. The molecule has 2 rings (SSSR count). The van der Waals surface area contributed by atoms with Gasteiger partial charge in [-0.05, 0) is 30.4 Å². The number of hydrogen-bond donors (Lipinski definition) is 2. The summed E-state index contributed by atoms with van der Waals surface area (Å²) in [5, 5.41) is 22.9. The number of phenols is 1. The van der Waals surface area contributed by atoms with Crippen molar-refractivity contribution in [3.8, 4) is 5.75 Å². The van der Waals surface area contributed by atoms with Crippen LogP contribution >= 0.6 is 0 Å². The molecule has 6 heteroatoms. The van der Waals surface area contributed by atoms with Gasteiger partial charge in [-0.25, -0.2) is 0 Å². The molecule has 1 aromatic carbocycles. The summed E-state index contributed by atoms with van der Waals surface area (Å²) in [5.74, 6) is 0.303. The molecule has 1 aliphatic carbocycles. The Morgan fingerprint density at radius 1 is 1.50 bits per heavy atom. The molecule has 20 heavy (non-hydrogen) atoms. The lowest BCUT2D eigenvalue weighted by Gasteiger charge is -2.15.